The van der Waals surface area contributed by atoms with Crippen molar-refractivity contribution in [2.45, 2.75) is 33.2 Å². The van der Waals surface area contributed by atoms with Crippen molar-refractivity contribution in [2.24, 2.45) is 0 Å². The van der Waals surface area contributed by atoms with E-state index in [1.807, 2.05) is 26.0 Å². The minimum absolute atomic E-state index is 0.258. The van der Waals surface area contributed by atoms with Crippen molar-refractivity contribution in [3.05, 3.63) is 70.3 Å². The van der Waals surface area contributed by atoms with Crippen molar-refractivity contribution in [1.82, 2.24) is 5.32 Å². The second kappa shape index (κ2) is 6.81. The number of benzene rings is 2. The Bertz CT molecular complexity index is 571. The molecule has 2 aromatic carbocycles. The summed E-state index contributed by atoms with van der Waals surface area (Å²) in [6.45, 7) is 6.88. The van der Waals surface area contributed by atoms with Gasteiger partial charge in [-0.25, -0.2) is 8.78 Å². The predicted molar refractivity (Wildman–Crippen MR) is 82.4 cm³/mol. The number of nitrogens with one attached hydrogen (secondary N) is 1. The van der Waals surface area contributed by atoms with Gasteiger partial charge in [0, 0.05) is 11.6 Å². The smallest absolute Gasteiger partial charge is 0.131 e. The topological polar surface area (TPSA) is 12.0 Å². The van der Waals surface area contributed by atoms with Crippen LogP contribution in [0.4, 0.5) is 8.78 Å². The molecule has 0 fully saturated rings. The Kier molecular flexibility index (Phi) is 5.07. The summed E-state index contributed by atoms with van der Waals surface area (Å²) in [6.07, 6.45) is 0.949. The summed E-state index contributed by atoms with van der Waals surface area (Å²) in [5.41, 5.74) is 3.79. The maximum atomic E-state index is 14.1. The summed E-state index contributed by atoms with van der Waals surface area (Å²) in [7, 11) is 0. The molecule has 0 amide bonds. The van der Waals surface area contributed by atoms with Crippen LogP contribution in [0.5, 0.6) is 0 Å². The number of halogens is 2. The molecule has 2 aromatic rings. The van der Waals surface area contributed by atoms with Crippen LogP contribution < -0.4 is 5.32 Å². The molecule has 1 N–H and O–H groups in total. The molecule has 0 radical (unpaired) electrons. The van der Waals surface area contributed by atoms with Gasteiger partial charge < -0.3 is 5.32 Å². The molecule has 112 valence electrons. The summed E-state index contributed by atoms with van der Waals surface area (Å²) >= 11 is 0. The predicted octanol–water partition coefficient (Wildman–Crippen LogP) is 4.67. The van der Waals surface area contributed by atoms with Crippen molar-refractivity contribution in [3.8, 4) is 0 Å². The van der Waals surface area contributed by atoms with Crippen LogP contribution in [0.15, 0.2) is 36.4 Å². The normalized spacial score (nSPS) is 12.4. The number of aryl methyl sites for hydroxylation is 2. The van der Waals surface area contributed by atoms with E-state index in [2.05, 4.69) is 18.3 Å². The standard InChI is InChI=1S/C18H21F2N/c1-4-9-21-18(15-7-5-12(2)10-13(15)3)16-8-6-14(19)11-17(16)20/h5-8,10-11,18,21H,4,9H2,1-3H3. The van der Waals surface area contributed by atoms with E-state index in [-0.39, 0.29) is 6.04 Å². The van der Waals surface area contributed by atoms with E-state index >= 15 is 0 Å². The van der Waals surface area contributed by atoms with Crippen LogP contribution in [0.1, 0.15) is 41.6 Å². The molecular weight excluding hydrogens is 268 g/mol. The second-order valence-corrected chi connectivity index (χ2v) is 5.41. The lowest BCUT2D eigenvalue weighted by Gasteiger charge is -2.22. The van der Waals surface area contributed by atoms with Crippen LogP contribution in [0, 0.1) is 25.5 Å². The molecule has 0 saturated heterocycles. The van der Waals surface area contributed by atoms with Gasteiger partial charge in [0.15, 0.2) is 0 Å². The van der Waals surface area contributed by atoms with Gasteiger partial charge >= 0.3 is 0 Å². The highest BCUT2D eigenvalue weighted by atomic mass is 19.1. The fourth-order valence-corrected chi connectivity index (χ4v) is 2.56. The molecule has 0 saturated carbocycles. The summed E-state index contributed by atoms with van der Waals surface area (Å²) in [5.74, 6) is -1.06. The maximum Gasteiger partial charge on any atom is 0.131 e. The minimum atomic E-state index is -0.550. The number of rotatable bonds is 5. The lowest BCUT2D eigenvalue weighted by molar-refractivity contribution is 0.532. The summed E-state index contributed by atoms with van der Waals surface area (Å²) in [4.78, 5) is 0. The average molecular weight is 289 g/mol. The van der Waals surface area contributed by atoms with Gasteiger partial charge in [-0.2, -0.15) is 0 Å². The Morgan fingerprint density at radius 2 is 1.71 bits per heavy atom. The van der Waals surface area contributed by atoms with E-state index in [1.165, 1.54) is 17.7 Å². The van der Waals surface area contributed by atoms with Gasteiger partial charge in [0.2, 0.25) is 0 Å². The SMILES string of the molecule is CCCNC(c1ccc(C)cc1C)c1ccc(F)cc1F. The van der Waals surface area contributed by atoms with Gasteiger partial charge in [-0.3, -0.25) is 0 Å². The molecule has 3 heteroatoms. The van der Waals surface area contributed by atoms with Gasteiger partial charge in [0.05, 0.1) is 6.04 Å². The number of hydrogen-bond acceptors (Lipinski definition) is 1. The molecule has 2 rings (SSSR count). The van der Waals surface area contributed by atoms with E-state index in [9.17, 15) is 8.78 Å². The Morgan fingerprint density at radius 1 is 1.00 bits per heavy atom. The van der Waals surface area contributed by atoms with E-state index in [1.54, 1.807) is 0 Å². The fraction of sp³-hybridized carbons (Fsp3) is 0.333. The van der Waals surface area contributed by atoms with Crippen LogP contribution in [0.25, 0.3) is 0 Å². The molecule has 21 heavy (non-hydrogen) atoms. The molecular formula is C18H21F2N. The third-order valence-electron chi connectivity index (χ3n) is 3.61. The van der Waals surface area contributed by atoms with Crippen LogP contribution in [0.3, 0.4) is 0 Å². The Labute approximate surface area is 125 Å². The van der Waals surface area contributed by atoms with Gasteiger partial charge in [-0.1, -0.05) is 36.8 Å². The Balaban J connectivity index is 2.46. The molecule has 0 spiro atoms. The Morgan fingerprint density at radius 3 is 2.33 bits per heavy atom. The van der Waals surface area contributed by atoms with E-state index in [4.69, 9.17) is 0 Å². The summed E-state index contributed by atoms with van der Waals surface area (Å²) in [5, 5.41) is 3.36. The highest BCUT2D eigenvalue weighted by Gasteiger charge is 2.19. The van der Waals surface area contributed by atoms with Crippen molar-refractivity contribution in [2.75, 3.05) is 6.54 Å². The molecule has 0 aromatic heterocycles. The molecule has 0 aliphatic heterocycles. The lowest BCUT2D eigenvalue weighted by Crippen LogP contribution is -2.25. The van der Waals surface area contributed by atoms with Crippen LogP contribution in [-0.4, -0.2) is 6.54 Å². The van der Waals surface area contributed by atoms with Crippen molar-refractivity contribution in [1.29, 1.82) is 0 Å². The van der Waals surface area contributed by atoms with Crippen LogP contribution in [0.2, 0.25) is 0 Å². The third-order valence-corrected chi connectivity index (χ3v) is 3.61. The average Bonchev–Trinajstić information content (AvgIpc) is 2.42. The van der Waals surface area contributed by atoms with E-state index in [0.29, 0.717) is 5.56 Å². The van der Waals surface area contributed by atoms with E-state index in [0.717, 1.165) is 30.2 Å². The third kappa shape index (κ3) is 3.67. The lowest BCUT2D eigenvalue weighted by atomic mass is 9.93. The molecule has 0 bridgehead atoms. The zero-order valence-corrected chi connectivity index (χ0v) is 12.7. The maximum absolute atomic E-state index is 14.1. The second-order valence-electron chi connectivity index (χ2n) is 5.41. The molecule has 1 unspecified atom stereocenters. The quantitative estimate of drug-likeness (QED) is 0.843. The minimum Gasteiger partial charge on any atom is -0.306 e. The summed E-state index contributed by atoms with van der Waals surface area (Å²) in [6, 6.07) is 9.63. The summed E-state index contributed by atoms with van der Waals surface area (Å²) < 4.78 is 27.3. The largest absolute Gasteiger partial charge is 0.306 e. The van der Waals surface area contributed by atoms with Crippen LogP contribution in [-0.2, 0) is 0 Å². The first-order chi connectivity index (χ1) is 10.0. The van der Waals surface area contributed by atoms with Crippen molar-refractivity contribution < 1.29 is 8.78 Å². The number of hydrogen-bond donors (Lipinski definition) is 1. The monoisotopic (exact) mass is 289 g/mol. The molecule has 0 aliphatic rings. The molecule has 0 aliphatic carbocycles. The highest BCUT2D eigenvalue weighted by molar-refractivity contribution is 5.39. The van der Waals surface area contributed by atoms with Gasteiger partial charge in [-0.15, -0.1) is 0 Å². The van der Waals surface area contributed by atoms with Gasteiger partial charge in [0.1, 0.15) is 11.6 Å². The highest BCUT2D eigenvalue weighted by Crippen LogP contribution is 2.28. The molecule has 1 nitrogen and oxygen atoms in total. The zero-order valence-electron chi connectivity index (χ0n) is 12.7. The zero-order chi connectivity index (χ0) is 15.4. The first-order valence-electron chi connectivity index (χ1n) is 7.28. The fourth-order valence-electron chi connectivity index (χ4n) is 2.56. The van der Waals surface area contributed by atoms with Gasteiger partial charge in [-0.05, 0) is 44.0 Å². The molecule has 1 atom stereocenters. The first-order valence-corrected chi connectivity index (χ1v) is 7.28. The van der Waals surface area contributed by atoms with Gasteiger partial charge in [0.25, 0.3) is 0 Å². The first kappa shape index (κ1) is 15.6. The van der Waals surface area contributed by atoms with Crippen molar-refractivity contribution in [3.63, 3.8) is 0 Å². The molecule has 0 heterocycles. The Hall–Kier alpha value is -1.74. The van der Waals surface area contributed by atoms with Crippen LogP contribution >= 0.6 is 0 Å². The van der Waals surface area contributed by atoms with E-state index < -0.39 is 11.6 Å². The van der Waals surface area contributed by atoms with Crippen molar-refractivity contribution >= 4 is 0 Å².